The summed E-state index contributed by atoms with van der Waals surface area (Å²) in [4.78, 5) is 21.4. The maximum absolute atomic E-state index is 12.8. The number of nitrogens with zero attached hydrogens (tertiary/aromatic N) is 2. The zero-order chi connectivity index (χ0) is 23.7. The summed E-state index contributed by atoms with van der Waals surface area (Å²) >= 11 is 0. The first-order valence-corrected chi connectivity index (χ1v) is 11.1. The van der Waals surface area contributed by atoms with Gasteiger partial charge in [0.1, 0.15) is 11.6 Å². The van der Waals surface area contributed by atoms with Gasteiger partial charge < -0.3 is 9.73 Å². The van der Waals surface area contributed by atoms with Gasteiger partial charge in [0.25, 0.3) is 5.91 Å². The fourth-order valence-electron chi connectivity index (χ4n) is 4.18. The van der Waals surface area contributed by atoms with E-state index in [0.29, 0.717) is 23.7 Å². The van der Waals surface area contributed by atoms with Crippen molar-refractivity contribution in [1.29, 1.82) is 0 Å². The number of anilines is 1. The number of aromatic nitrogens is 2. The van der Waals surface area contributed by atoms with Crippen molar-refractivity contribution in [2.24, 2.45) is 0 Å². The molecule has 0 spiro atoms. The Morgan fingerprint density at radius 2 is 1.58 bits per heavy atom. The Morgan fingerprint density at radius 1 is 0.879 bits per heavy atom. The van der Waals surface area contributed by atoms with Gasteiger partial charge in [-0.3, -0.25) is 4.79 Å². The monoisotopic (exact) mass is 439 g/mol. The van der Waals surface area contributed by atoms with Crippen LogP contribution in [0.2, 0.25) is 0 Å². The maximum atomic E-state index is 12.8. The summed E-state index contributed by atoms with van der Waals surface area (Å²) in [5, 5.41) is 2.93. The van der Waals surface area contributed by atoms with Crippen LogP contribution in [0.3, 0.4) is 0 Å². The van der Waals surface area contributed by atoms with Gasteiger partial charge in [0.05, 0.1) is 5.69 Å². The lowest BCUT2D eigenvalue weighted by atomic mass is 9.88. The van der Waals surface area contributed by atoms with Crippen LogP contribution in [0.5, 0.6) is 0 Å². The molecule has 1 N–H and O–H groups in total. The third-order valence-corrected chi connectivity index (χ3v) is 6.58. The molecular weight excluding hydrogens is 410 g/mol. The molecule has 1 amide bonds. The van der Waals surface area contributed by atoms with Crippen LogP contribution in [0.25, 0.3) is 11.3 Å². The number of nitrogens with one attached hydrogen (secondary N) is 1. The van der Waals surface area contributed by atoms with E-state index in [9.17, 15) is 4.79 Å². The van der Waals surface area contributed by atoms with Gasteiger partial charge in [-0.2, -0.15) is 0 Å². The number of carbonyl (C=O) groups is 1. The number of hydrogen-bond donors (Lipinski definition) is 1. The van der Waals surface area contributed by atoms with Crippen molar-refractivity contribution in [1.82, 2.24) is 9.97 Å². The highest BCUT2D eigenvalue weighted by Crippen LogP contribution is 2.28. The minimum atomic E-state index is -0.276. The lowest BCUT2D eigenvalue weighted by Gasteiger charge is -2.18. The lowest BCUT2D eigenvalue weighted by molar-refractivity contribution is 0.0995. The van der Waals surface area contributed by atoms with Crippen LogP contribution in [0.15, 0.2) is 53.1 Å². The van der Waals surface area contributed by atoms with Gasteiger partial charge in [0.15, 0.2) is 5.76 Å². The highest BCUT2D eigenvalue weighted by atomic mass is 16.3. The van der Waals surface area contributed by atoms with E-state index in [2.05, 4.69) is 49.9 Å². The number of benzene rings is 2. The Balaban J connectivity index is 1.52. The Bertz CT molecular complexity index is 1320. The summed E-state index contributed by atoms with van der Waals surface area (Å²) < 4.78 is 5.94. The minimum absolute atomic E-state index is 0.276. The van der Waals surface area contributed by atoms with Gasteiger partial charge >= 0.3 is 0 Å². The van der Waals surface area contributed by atoms with Gasteiger partial charge in [0.2, 0.25) is 0 Å². The molecule has 4 aromatic rings. The summed E-state index contributed by atoms with van der Waals surface area (Å²) in [6, 6.07) is 13.1. The summed E-state index contributed by atoms with van der Waals surface area (Å²) in [5.41, 5.74) is 10.2. The molecule has 4 rings (SSSR count). The van der Waals surface area contributed by atoms with Crippen molar-refractivity contribution in [2.45, 2.75) is 48.0 Å². The van der Waals surface area contributed by atoms with Crippen LogP contribution in [-0.2, 0) is 6.42 Å². The smallest absolute Gasteiger partial charge is 0.291 e. The minimum Gasteiger partial charge on any atom is -0.456 e. The molecule has 2 heterocycles. The van der Waals surface area contributed by atoms with E-state index in [-0.39, 0.29) is 5.91 Å². The predicted molar refractivity (Wildman–Crippen MR) is 132 cm³/mol. The largest absolute Gasteiger partial charge is 0.456 e. The van der Waals surface area contributed by atoms with E-state index in [1.807, 2.05) is 43.3 Å². The van der Waals surface area contributed by atoms with E-state index in [4.69, 9.17) is 4.42 Å². The van der Waals surface area contributed by atoms with Gasteiger partial charge in [-0.05, 0) is 105 Å². The quantitative estimate of drug-likeness (QED) is 0.389. The standard InChI is InChI=1S/C28H29N3O2/c1-16-17(2)19(4)25(20(5)18(16)3)15-24-10-11-27(33-24)28(32)31-23-9-7-8-22(14-23)26-12-13-29-21(6)30-26/h7-14H,15H2,1-6H3,(H,31,32). The molecule has 0 aliphatic heterocycles. The molecule has 0 saturated heterocycles. The van der Waals surface area contributed by atoms with Crippen LogP contribution in [0, 0.1) is 41.5 Å². The third-order valence-electron chi connectivity index (χ3n) is 6.58. The average Bonchev–Trinajstić information content (AvgIpc) is 3.28. The normalized spacial score (nSPS) is 11.0. The van der Waals surface area contributed by atoms with Crippen LogP contribution >= 0.6 is 0 Å². The second-order valence-corrected chi connectivity index (χ2v) is 8.57. The molecule has 5 heteroatoms. The number of hydrogen-bond acceptors (Lipinski definition) is 4. The SMILES string of the molecule is Cc1nccc(-c2cccc(NC(=O)c3ccc(Cc4c(C)c(C)c(C)c(C)c4C)o3)c2)n1. The van der Waals surface area contributed by atoms with E-state index in [0.717, 1.165) is 17.0 Å². The Hall–Kier alpha value is -3.73. The first-order chi connectivity index (χ1) is 15.7. The summed E-state index contributed by atoms with van der Waals surface area (Å²) in [5.74, 6) is 1.50. The average molecular weight is 440 g/mol. The lowest BCUT2D eigenvalue weighted by Crippen LogP contribution is -2.11. The van der Waals surface area contributed by atoms with E-state index < -0.39 is 0 Å². The first-order valence-electron chi connectivity index (χ1n) is 11.1. The molecule has 0 unspecified atom stereocenters. The highest BCUT2D eigenvalue weighted by molar-refractivity contribution is 6.02. The molecular formula is C28H29N3O2. The molecule has 2 aromatic carbocycles. The predicted octanol–water partition coefficient (Wildman–Crippen LogP) is 6.43. The summed E-state index contributed by atoms with van der Waals surface area (Å²) in [6.45, 7) is 12.7. The number of rotatable bonds is 5. The van der Waals surface area contributed by atoms with Crippen molar-refractivity contribution in [2.75, 3.05) is 5.32 Å². The molecule has 0 aliphatic carbocycles. The molecule has 0 bridgehead atoms. The maximum Gasteiger partial charge on any atom is 0.291 e. The topological polar surface area (TPSA) is 68.0 Å². The van der Waals surface area contributed by atoms with Crippen LogP contribution in [-0.4, -0.2) is 15.9 Å². The molecule has 5 nitrogen and oxygen atoms in total. The van der Waals surface area contributed by atoms with E-state index in [1.165, 1.54) is 33.4 Å². The fraction of sp³-hybridized carbons (Fsp3) is 0.250. The number of furan rings is 1. The van der Waals surface area contributed by atoms with Crippen LogP contribution in [0.1, 0.15) is 55.5 Å². The molecule has 0 aliphatic rings. The zero-order valence-corrected chi connectivity index (χ0v) is 20.0. The van der Waals surface area contributed by atoms with Gasteiger partial charge in [-0.25, -0.2) is 9.97 Å². The Morgan fingerprint density at radius 3 is 2.27 bits per heavy atom. The third kappa shape index (κ3) is 4.58. The first kappa shape index (κ1) is 22.5. The molecule has 168 valence electrons. The van der Waals surface area contributed by atoms with E-state index >= 15 is 0 Å². The molecule has 0 fully saturated rings. The van der Waals surface area contributed by atoms with Crippen molar-refractivity contribution >= 4 is 11.6 Å². The Labute approximate surface area is 194 Å². The number of aryl methyl sites for hydroxylation is 1. The van der Waals surface area contributed by atoms with E-state index in [1.54, 1.807) is 12.3 Å². The van der Waals surface area contributed by atoms with Crippen LogP contribution in [0.4, 0.5) is 5.69 Å². The highest BCUT2D eigenvalue weighted by Gasteiger charge is 2.16. The van der Waals surface area contributed by atoms with Crippen molar-refractivity contribution in [3.63, 3.8) is 0 Å². The summed E-state index contributed by atoms with van der Waals surface area (Å²) in [7, 11) is 0. The van der Waals surface area contributed by atoms with Gasteiger partial charge in [-0.1, -0.05) is 12.1 Å². The van der Waals surface area contributed by atoms with Crippen molar-refractivity contribution in [3.05, 3.63) is 99.4 Å². The second kappa shape index (κ2) is 9.02. The molecule has 0 saturated carbocycles. The molecule has 0 atom stereocenters. The molecule has 2 aromatic heterocycles. The zero-order valence-electron chi connectivity index (χ0n) is 20.0. The summed E-state index contributed by atoms with van der Waals surface area (Å²) in [6.07, 6.45) is 2.39. The van der Waals surface area contributed by atoms with Crippen molar-refractivity contribution in [3.8, 4) is 11.3 Å². The number of carbonyl (C=O) groups excluding carboxylic acids is 1. The second-order valence-electron chi connectivity index (χ2n) is 8.57. The van der Waals surface area contributed by atoms with Gasteiger partial charge in [0, 0.05) is 23.9 Å². The van der Waals surface area contributed by atoms with Crippen molar-refractivity contribution < 1.29 is 9.21 Å². The van der Waals surface area contributed by atoms with Crippen LogP contribution < -0.4 is 5.32 Å². The molecule has 0 radical (unpaired) electrons. The fourth-order valence-corrected chi connectivity index (χ4v) is 4.18. The number of amides is 1. The van der Waals surface area contributed by atoms with Gasteiger partial charge in [-0.15, -0.1) is 0 Å². The Kier molecular flexibility index (Phi) is 6.14. The molecule has 33 heavy (non-hydrogen) atoms.